The molecule has 0 radical (unpaired) electrons. The van der Waals surface area contributed by atoms with Crippen molar-refractivity contribution in [3.05, 3.63) is 0 Å². The van der Waals surface area contributed by atoms with Gasteiger partial charge in [-0.2, -0.15) is 13.2 Å². The molecule has 1 heterocycles. The fourth-order valence-corrected chi connectivity index (χ4v) is 1.64. The summed E-state index contributed by atoms with van der Waals surface area (Å²) in [5, 5.41) is 0. The number of hydrogen-bond donors (Lipinski definition) is 0. The molecule has 0 atom stereocenters. The molecule has 0 bridgehead atoms. The molecule has 0 aromatic carbocycles. The predicted molar refractivity (Wildman–Crippen MR) is 25.1 cm³/mol. The zero-order valence-corrected chi connectivity index (χ0v) is 5.60. The lowest BCUT2D eigenvalue weighted by atomic mass is 10.8. The fraction of sp³-hybridized carbons (Fsp3) is 1.00. The van der Waals surface area contributed by atoms with Gasteiger partial charge in [-0.1, -0.05) is 0 Å². The lowest BCUT2D eigenvalue weighted by Gasteiger charge is -2.08. The standard InChI is InChI=1S/C3H5F3O2Si/c4-3(5,6)9-7-1-2-8-9/h9H,1-2H2. The molecule has 0 amide bonds. The lowest BCUT2D eigenvalue weighted by molar-refractivity contribution is -0.0759. The first-order valence-corrected chi connectivity index (χ1v) is 3.92. The SMILES string of the molecule is FC(F)(F)[SiH]1OCCO1. The molecule has 0 spiro atoms. The molecule has 54 valence electrons. The minimum absolute atomic E-state index is 0.0936. The van der Waals surface area contributed by atoms with Crippen LogP contribution in [0.5, 0.6) is 0 Å². The van der Waals surface area contributed by atoms with E-state index in [4.69, 9.17) is 0 Å². The van der Waals surface area contributed by atoms with Crippen LogP contribution in [0.2, 0.25) is 0 Å². The van der Waals surface area contributed by atoms with Gasteiger partial charge >= 0.3 is 15.1 Å². The molecule has 6 heteroatoms. The molecule has 0 aromatic heterocycles. The maximum Gasteiger partial charge on any atom is 0.442 e. The summed E-state index contributed by atoms with van der Waals surface area (Å²) in [4.78, 5) is 0. The van der Waals surface area contributed by atoms with E-state index < -0.39 is 15.1 Å². The third-order valence-corrected chi connectivity index (χ3v) is 2.50. The first-order valence-electron chi connectivity index (χ1n) is 2.40. The highest BCUT2D eigenvalue weighted by Crippen LogP contribution is 2.22. The van der Waals surface area contributed by atoms with E-state index in [9.17, 15) is 13.2 Å². The van der Waals surface area contributed by atoms with Crippen molar-refractivity contribution in [1.82, 2.24) is 0 Å². The topological polar surface area (TPSA) is 18.5 Å². The summed E-state index contributed by atoms with van der Waals surface area (Å²) in [5.41, 5.74) is 0. The van der Waals surface area contributed by atoms with E-state index in [0.29, 0.717) is 0 Å². The Morgan fingerprint density at radius 2 is 1.56 bits per heavy atom. The molecule has 1 aliphatic rings. The summed E-state index contributed by atoms with van der Waals surface area (Å²) in [6.45, 7) is 0.187. The van der Waals surface area contributed by atoms with Crippen LogP contribution in [-0.4, -0.2) is 28.3 Å². The molecule has 0 aromatic rings. The third kappa shape index (κ3) is 1.67. The quantitative estimate of drug-likeness (QED) is 0.474. The Morgan fingerprint density at radius 1 is 1.11 bits per heavy atom. The number of halogens is 3. The van der Waals surface area contributed by atoms with Gasteiger partial charge in [-0.3, -0.25) is 0 Å². The molecule has 1 aliphatic heterocycles. The number of alkyl halides is 3. The Bertz CT molecular complexity index is 97.7. The van der Waals surface area contributed by atoms with E-state index in [2.05, 4.69) is 8.85 Å². The van der Waals surface area contributed by atoms with Crippen molar-refractivity contribution in [1.29, 1.82) is 0 Å². The van der Waals surface area contributed by atoms with E-state index in [0.717, 1.165) is 0 Å². The lowest BCUT2D eigenvalue weighted by Crippen LogP contribution is -2.35. The molecule has 9 heavy (non-hydrogen) atoms. The zero-order chi connectivity index (χ0) is 6.91. The Hall–Kier alpha value is -0.0731. The van der Waals surface area contributed by atoms with Crippen molar-refractivity contribution in [2.24, 2.45) is 0 Å². The van der Waals surface area contributed by atoms with Gasteiger partial charge in [0.25, 0.3) is 0 Å². The van der Waals surface area contributed by atoms with E-state index in [-0.39, 0.29) is 13.2 Å². The highest BCUT2D eigenvalue weighted by molar-refractivity contribution is 6.47. The monoisotopic (exact) mass is 158 g/mol. The summed E-state index contributed by atoms with van der Waals surface area (Å²) < 4.78 is 43.3. The van der Waals surface area contributed by atoms with Crippen molar-refractivity contribution in [3.63, 3.8) is 0 Å². The van der Waals surface area contributed by atoms with Crippen molar-refractivity contribution in [2.45, 2.75) is 5.80 Å². The summed E-state index contributed by atoms with van der Waals surface area (Å²) in [6, 6.07) is 0. The predicted octanol–water partition coefficient (Wildman–Crippen LogP) is 0.355. The second kappa shape index (κ2) is 2.28. The minimum atomic E-state index is -4.23. The third-order valence-electron chi connectivity index (χ3n) is 0.889. The van der Waals surface area contributed by atoms with Crippen LogP contribution in [-0.2, 0) is 8.85 Å². The molecule has 0 unspecified atom stereocenters. The summed E-state index contributed by atoms with van der Waals surface area (Å²) in [7, 11) is -3.27. The number of hydrogen-bond acceptors (Lipinski definition) is 2. The average Bonchev–Trinajstić information content (AvgIpc) is 2.08. The Kier molecular flexibility index (Phi) is 1.78. The summed E-state index contributed by atoms with van der Waals surface area (Å²) in [5.74, 6) is -4.23. The van der Waals surface area contributed by atoms with Crippen molar-refractivity contribution in [3.8, 4) is 0 Å². The van der Waals surface area contributed by atoms with E-state index in [1.54, 1.807) is 0 Å². The van der Waals surface area contributed by atoms with Crippen LogP contribution in [0.15, 0.2) is 0 Å². The van der Waals surface area contributed by atoms with Gasteiger partial charge in [-0.15, -0.1) is 0 Å². The highest BCUT2D eigenvalue weighted by Gasteiger charge is 2.47. The number of rotatable bonds is 0. The first kappa shape index (κ1) is 7.04. The maximum absolute atomic E-state index is 11.6. The molecular formula is C3H5F3O2Si. The van der Waals surface area contributed by atoms with E-state index >= 15 is 0 Å². The van der Waals surface area contributed by atoms with Crippen LogP contribution in [0.1, 0.15) is 0 Å². The van der Waals surface area contributed by atoms with Gasteiger partial charge < -0.3 is 8.85 Å². The van der Waals surface area contributed by atoms with Gasteiger partial charge in [-0.25, -0.2) is 0 Å². The highest BCUT2D eigenvalue weighted by atomic mass is 28.3. The fourth-order valence-electron chi connectivity index (χ4n) is 0.547. The largest absolute Gasteiger partial charge is 0.442 e. The Labute approximate surface area is 51.4 Å². The second-order valence-corrected chi connectivity index (χ2v) is 3.60. The molecule has 0 aliphatic carbocycles. The normalized spacial score (nSPS) is 23.0. The molecule has 1 rings (SSSR count). The van der Waals surface area contributed by atoms with E-state index in [1.165, 1.54) is 0 Å². The van der Waals surface area contributed by atoms with Crippen LogP contribution in [0.3, 0.4) is 0 Å². The summed E-state index contributed by atoms with van der Waals surface area (Å²) >= 11 is 0. The van der Waals surface area contributed by atoms with Crippen molar-refractivity contribution >= 4 is 9.28 Å². The van der Waals surface area contributed by atoms with E-state index in [1.807, 2.05) is 0 Å². The van der Waals surface area contributed by atoms with Gasteiger partial charge in [0.15, 0.2) is 0 Å². The van der Waals surface area contributed by atoms with Gasteiger partial charge in [-0.05, 0) is 0 Å². The molecular weight excluding hydrogens is 153 g/mol. The second-order valence-electron chi connectivity index (χ2n) is 1.62. The van der Waals surface area contributed by atoms with Gasteiger partial charge in [0.2, 0.25) is 0 Å². The van der Waals surface area contributed by atoms with Gasteiger partial charge in [0, 0.05) is 0 Å². The van der Waals surface area contributed by atoms with Crippen molar-refractivity contribution < 1.29 is 22.0 Å². The maximum atomic E-state index is 11.6. The van der Waals surface area contributed by atoms with Crippen LogP contribution in [0, 0.1) is 0 Å². The first-order chi connectivity index (χ1) is 4.11. The van der Waals surface area contributed by atoms with Crippen LogP contribution in [0.25, 0.3) is 0 Å². The summed E-state index contributed by atoms with van der Waals surface area (Å²) in [6.07, 6.45) is 0. The van der Waals surface area contributed by atoms with Crippen LogP contribution in [0.4, 0.5) is 13.2 Å². The van der Waals surface area contributed by atoms with Crippen LogP contribution < -0.4 is 0 Å². The Morgan fingerprint density at radius 3 is 1.78 bits per heavy atom. The van der Waals surface area contributed by atoms with Gasteiger partial charge in [0.1, 0.15) is 0 Å². The molecule has 1 fully saturated rings. The van der Waals surface area contributed by atoms with Crippen molar-refractivity contribution in [2.75, 3.05) is 13.2 Å². The van der Waals surface area contributed by atoms with Gasteiger partial charge in [0.05, 0.1) is 13.2 Å². The molecule has 2 nitrogen and oxygen atoms in total. The smallest absolute Gasteiger partial charge is 0.389 e. The average molecular weight is 158 g/mol. The molecule has 0 saturated carbocycles. The van der Waals surface area contributed by atoms with Crippen LogP contribution >= 0.6 is 0 Å². The molecule has 0 N–H and O–H groups in total. The molecule has 1 saturated heterocycles. The zero-order valence-electron chi connectivity index (χ0n) is 4.44. The minimum Gasteiger partial charge on any atom is -0.389 e. The Balaban J connectivity index is 2.42.